The van der Waals surface area contributed by atoms with Gasteiger partial charge in [-0.15, -0.1) is 0 Å². The van der Waals surface area contributed by atoms with Gasteiger partial charge >= 0.3 is 0 Å². The molecule has 0 atom stereocenters. The van der Waals surface area contributed by atoms with Crippen LogP contribution >= 0.6 is 15.9 Å². The SMILES string of the molecule is Cc1ccc2c(c1)C(C)(C)c1cc(Br)c3oc4ccccc4c3c1-2. The van der Waals surface area contributed by atoms with Crippen molar-refractivity contribution in [3.8, 4) is 11.1 Å². The summed E-state index contributed by atoms with van der Waals surface area (Å²) in [6.45, 7) is 6.80. The monoisotopic (exact) mass is 376 g/mol. The van der Waals surface area contributed by atoms with Gasteiger partial charge in [0.25, 0.3) is 0 Å². The lowest BCUT2D eigenvalue weighted by atomic mass is 9.82. The Bertz CT molecular complexity index is 1150. The Hall–Kier alpha value is -2.06. The van der Waals surface area contributed by atoms with Crippen LogP contribution in [0.15, 0.2) is 57.4 Å². The lowest BCUT2D eigenvalue weighted by molar-refractivity contribution is 0.654. The Morgan fingerprint density at radius 1 is 0.958 bits per heavy atom. The molecule has 0 saturated heterocycles. The smallest absolute Gasteiger partial charge is 0.150 e. The summed E-state index contributed by atoms with van der Waals surface area (Å²) in [6.07, 6.45) is 0. The Kier molecular flexibility index (Phi) is 2.69. The van der Waals surface area contributed by atoms with E-state index in [2.05, 4.69) is 73.1 Å². The van der Waals surface area contributed by atoms with Gasteiger partial charge in [0.1, 0.15) is 11.2 Å². The van der Waals surface area contributed by atoms with E-state index in [1.54, 1.807) is 0 Å². The molecule has 0 bridgehead atoms. The first-order valence-corrected chi connectivity index (χ1v) is 9.03. The third-order valence-electron chi connectivity index (χ3n) is 5.39. The number of rotatable bonds is 0. The molecule has 0 aliphatic heterocycles. The molecular weight excluding hydrogens is 360 g/mol. The van der Waals surface area contributed by atoms with E-state index in [0.29, 0.717) is 0 Å². The van der Waals surface area contributed by atoms with E-state index in [9.17, 15) is 0 Å². The number of aryl methyl sites for hydroxylation is 1. The van der Waals surface area contributed by atoms with Crippen LogP contribution in [0.4, 0.5) is 0 Å². The van der Waals surface area contributed by atoms with E-state index in [-0.39, 0.29) is 5.41 Å². The second-order valence-corrected chi connectivity index (χ2v) is 8.11. The lowest BCUT2D eigenvalue weighted by Crippen LogP contribution is -2.15. The third-order valence-corrected chi connectivity index (χ3v) is 5.98. The largest absolute Gasteiger partial charge is 0.455 e. The molecule has 1 heterocycles. The maximum Gasteiger partial charge on any atom is 0.150 e. The van der Waals surface area contributed by atoms with E-state index < -0.39 is 0 Å². The Balaban J connectivity index is 2.06. The molecule has 3 aromatic carbocycles. The molecule has 0 saturated carbocycles. The molecular formula is C22H17BrO. The van der Waals surface area contributed by atoms with Gasteiger partial charge in [-0.2, -0.15) is 0 Å². The van der Waals surface area contributed by atoms with Crippen molar-refractivity contribution in [3.05, 3.63) is 69.7 Å². The van der Waals surface area contributed by atoms with E-state index in [0.717, 1.165) is 15.6 Å². The molecule has 0 spiro atoms. The number of furan rings is 1. The van der Waals surface area contributed by atoms with Gasteiger partial charge in [0.15, 0.2) is 0 Å². The number of para-hydroxylation sites is 1. The Morgan fingerprint density at radius 2 is 1.75 bits per heavy atom. The second-order valence-electron chi connectivity index (χ2n) is 7.26. The summed E-state index contributed by atoms with van der Waals surface area (Å²) in [6, 6.07) is 17.4. The molecule has 0 N–H and O–H groups in total. The minimum Gasteiger partial charge on any atom is -0.455 e. The van der Waals surface area contributed by atoms with E-state index in [1.807, 2.05) is 12.1 Å². The third kappa shape index (κ3) is 1.65. The highest BCUT2D eigenvalue weighted by molar-refractivity contribution is 9.10. The molecule has 0 amide bonds. The maximum atomic E-state index is 6.17. The first-order valence-electron chi connectivity index (χ1n) is 8.24. The van der Waals surface area contributed by atoms with Gasteiger partial charge in [-0.1, -0.05) is 55.8 Å². The van der Waals surface area contributed by atoms with Crippen LogP contribution in [0.5, 0.6) is 0 Å². The van der Waals surface area contributed by atoms with Crippen molar-refractivity contribution in [1.82, 2.24) is 0 Å². The Morgan fingerprint density at radius 3 is 2.58 bits per heavy atom. The average molecular weight is 377 g/mol. The second kappa shape index (κ2) is 4.52. The van der Waals surface area contributed by atoms with Gasteiger partial charge in [-0.25, -0.2) is 0 Å². The van der Waals surface area contributed by atoms with E-state index in [1.165, 1.54) is 38.6 Å². The predicted molar refractivity (Wildman–Crippen MR) is 104 cm³/mol. The first-order chi connectivity index (χ1) is 11.5. The van der Waals surface area contributed by atoms with Gasteiger partial charge in [0, 0.05) is 16.2 Å². The van der Waals surface area contributed by atoms with Gasteiger partial charge in [-0.3, -0.25) is 0 Å². The summed E-state index contributed by atoms with van der Waals surface area (Å²) in [5.41, 5.74) is 8.63. The highest BCUT2D eigenvalue weighted by atomic mass is 79.9. The summed E-state index contributed by atoms with van der Waals surface area (Å²) >= 11 is 3.75. The zero-order valence-electron chi connectivity index (χ0n) is 13.9. The molecule has 0 fully saturated rings. The fraction of sp³-hybridized carbons (Fsp3) is 0.182. The fourth-order valence-corrected chi connectivity index (χ4v) is 4.68. The normalized spacial score (nSPS) is 15.0. The maximum absolute atomic E-state index is 6.17. The van der Waals surface area contributed by atoms with Crippen LogP contribution in [-0.2, 0) is 5.41 Å². The van der Waals surface area contributed by atoms with Crippen LogP contribution in [0.25, 0.3) is 33.1 Å². The molecule has 1 nitrogen and oxygen atoms in total. The number of fused-ring (bicyclic) bond motifs is 7. The zero-order valence-corrected chi connectivity index (χ0v) is 15.5. The molecule has 1 aromatic heterocycles. The van der Waals surface area contributed by atoms with Crippen molar-refractivity contribution >= 4 is 37.9 Å². The van der Waals surface area contributed by atoms with Gasteiger partial charge < -0.3 is 4.42 Å². The molecule has 5 rings (SSSR count). The van der Waals surface area contributed by atoms with Crippen molar-refractivity contribution in [2.75, 3.05) is 0 Å². The lowest BCUT2D eigenvalue weighted by Gasteiger charge is -2.22. The van der Waals surface area contributed by atoms with Crippen LogP contribution in [0.3, 0.4) is 0 Å². The molecule has 1 aliphatic carbocycles. The molecule has 1 aliphatic rings. The Labute approximate surface area is 149 Å². The van der Waals surface area contributed by atoms with Crippen molar-refractivity contribution in [1.29, 1.82) is 0 Å². The topological polar surface area (TPSA) is 13.1 Å². The minimum absolute atomic E-state index is 0.00816. The van der Waals surface area contributed by atoms with Crippen LogP contribution < -0.4 is 0 Å². The quantitative estimate of drug-likeness (QED) is 0.323. The number of benzene rings is 3. The van der Waals surface area contributed by atoms with Crippen LogP contribution in [0, 0.1) is 6.92 Å². The van der Waals surface area contributed by atoms with Gasteiger partial charge in [0.2, 0.25) is 0 Å². The van der Waals surface area contributed by atoms with Crippen molar-refractivity contribution in [2.24, 2.45) is 0 Å². The zero-order chi connectivity index (χ0) is 16.6. The van der Waals surface area contributed by atoms with Crippen molar-refractivity contribution in [3.63, 3.8) is 0 Å². The highest BCUT2D eigenvalue weighted by Gasteiger charge is 2.38. The van der Waals surface area contributed by atoms with Crippen LogP contribution in [0.2, 0.25) is 0 Å². The molecule has 0 unspecified atom stereocenters. The van der Waals surface area contributed by atoms with E-state index in [4.69, 9.17) is 4.42 Å². The predicted octanol–water partition coefficient (Wildman–Crippen LogP) is 6.96. The number of halogens is 1. The molecule has 118 valence electrons. The van der Waals surface area contributed by atoms with Gasteiger partial charge in [0.05, 0.1) is 4.47 Å². The van der Waals surface area contributed by atoms with Crippen molar-refractivity contribution in [2.45, 2.75) is 26.2 Å². The number of hydrogen-bond acceptors (Lipinski definition) is 1. The molecule has 4 aromatic rings. The summed E-state index contributed by atoms with van der Waals surface area (Å²) in [5, 5.41) is 2.42. The summed E-state index contributed by atoms with van der Waals surface area (Å²) in [5.74, 6) is 0. The molecule has 24 heavy (non-hydrogen) atoms. The standard InChI is InChI=1S/C22H17BrO/c1-12-8-9-13-15(10-12)22(2,3)16-11-17(23)21-20(19(13)16)14-6-4-5-7-18(14)24-21/h4-11H,1-3H3. The minimum atomic E-state index is -0.00816. The number of hydrogen-bond donors (Lipinski definition) is 0. The summed E-state index contributed by atoms with van der Waals surface area (Å²) in [7, 11) is 0. The fourth-order valence-electron chi connectivity index (χ4n) is 4.17. The summed E-state index contributed by atoms with van der Waals surface area (Å²) < 4.78 is 7.20. The van der Waals surface area contributed by atoms with Gasteiger partial charge in [-0.05, 0) is 57.2 Å². The molecule has 0 radical (unpaired) electrons. The van der Waals surface area contributed by atoms with Crippen molar-refractivity contribution < 1.29 is 4.42 Å². The highest BCUT2D eigenvalue weighted by Crippen LogP contribution is 2.54. The van der Waals surface area contributed by atoms with E-state index >= 15 is 0 Å². The molecule has 2 heteroatoms. The van der Waals surface area contributed by atoms with Crippen LogP contribution in [0.1, 0.15) is 30.5 Å². The average Bonchev–Trinajstić information content (AvgIpc) is 3.04. The first kappa shape index (κ1) is 14.3. The van der Waals surface area contributed by atoms with Crippen LogP contribution in [-0.4, -0.2) is 0 Å². The summed E-state index contributed by atoms with van der Waals surface area (Å²) in [4.78, 5) is 0.